The van der Waals surface area contributed by atoms with Crippen LogP contribution in [0.3, 0.4) is 0 Å². The minimum Gasteiger partial charge on any atom is -0.313 e. The summed E-state index contributed by atoms with van der Waals surface area (Å²) in [5.74, 6) is 0. The van der Waals surface area contributed by atoms with Gasteiger partial charge in [0.05, 0.1) is 5.66 Å². The molecule has 0 unspecified atom stereocenters. The number of likely N-dealkylation sites (N-methyl/N-ethyl adjacent to an activating group) is 1. The molecule has 2 N–H and O–H groups in total. The van der Waals surface area contributed by atoms with Gasteiger partial charge in [0.1, 0.15) is 0 Å². The minimum absolute atomic E-state index is 0.111. The molecule has 2 fully saturated rings. The van der Waals surface area contributed by atoms with E-state index in [0.29, 0.717) is 0 Å². The Labute approximate surface area is 74.5 Å². The molecule has 0 radical (unpaired) electrons. The van der Waals surface area contributed by atoms with Gasteiger partial charge in [-0.15, -0.1) is 0 Å². The lowest BCUT2D eigenvalue weighted by Gasteiger charge is -2.37. The van der Waals surface area contributed by atoms with Gasteiger partial charge in [-0.05, 0) is 19.4 Å². The van der Waals surface area contributed by atoms with Crippen LogP contribution in [0, 0.1) is 0 Å². The molecule has 3 nitrogen and oxygen atoms in total. The average Bonchev–Trinajstić information content (AvgIpc) is 2.85. The maximum Gasteiger partial charge on any atom is 0.0690 e. The van der Waals surface area contributed by atoms with Crippen LogP contribution >= 0.6 is 0 Å². The Morgan fingerprint density at radius 1 is 1.17 bits per heavy atom. The highest BCUT2D eigenvalue weighted by Crippen LogP contribution is 2.36. The monoisotopic (exact) mass is 169 g/mol. The Hall–Kier alpha value is -0.120. The molecule has 1 aliphatic heterocycles. The van der Waals surface area contributed by atoms with E-state index in [0.717, 1.165) is 0 Å². The topological polar surface area (TPSA) is 32.5 Å². The second-order valence-corrected chi connectivity index (χ2v) is 4.02. The Morgan fingerprint density at radius 2 is 1.75 bits per heavy atom. The third kappa shape index (κ3) is 1.49. The summed E-state index contributed by atoms with van der Waals surface area (Å²) in [6.45, 7) is 8.16. The highest BCUT2D eigenvalue weighted by molar-refractivity contribution is 4.99. The van der Waals surface area contributed by atoms with Crippen LogP contribution in [0.2, 0.25) is 0 Å². The number of nitrogens with two attached hydrogens (primary N) is 1. The van der Waals surface area contributed by atoms with Crippen LogP contribution < -0.4 is 5.73 Å². The van der Waals surface area contributed by atoms with E-state index < -0.39 is 0 Å². The van der Waals surface area contributed by atoms with Crippen molar-refractivity contribution in [3.05, 3.63) is 0 Å². The minimum atomic E-state index is 0.111. The lowest BCUT2D eigenvalue weighted by Crippen LogP contribution is -2.54. The van der Waals surface area contributed by atoms with E-state index in [1.165, 1.54) is 45.6 Å². The van der Waals surface area contributed by atoms with Gasteiger partial charge in [0.2, 0.25) is 0 Å². The quantitative estimate of drug-likeness (QED) is 0.635. The zero-order valence-corrected chi connectivity index (χ0v) is 7.92. The smallest absolute Gasteiger partial charge is 0.0690 e. The van der Waals surface area contributed by atoms with Crippen LogP contribution in [-0.2, 0) is 0 Å². The van der Waals surface area contributed by atoms with Crippen molar-refractivity contribution in [2.24, 2.45) is 5.73 Å². The maximum absolute atomic E-state index is 6.12. The van der Waals surface area contributed by atoms with Crippen LogP contribution in [0.5, 0.6) is 0 Å². The molecule has 0 aromatic carbocycles. The molecule has 1 saturated carbocycles. The first kappa shape index (κ1) is 8.48. The Balaban J connectivity index is 1.82. The van der Waals surface area contributed by atoms with Crippen molar-refractivity contribution in [2.45, 2.75) is 25.4 Å². The highest BCUT2D eigenvalue weighted by Gasteiger charge is 2.44. The molecule has 0 aromatic heterocycles. The summed E-state index contributed by atoms with van der Waals surface area (Å²) in [7, 11) is 0. The molecule has 12 heavy (non-hydrogen) atoms. The molecule has 3 heteroatoms. The predicted molar refractivity (Wildman–Crippen MR) is 49.8 cm³/mol. The maximum atomic E-state index is 6.12. The summed E-state index contributed by atoms with van der Waals surface area (Å²) in [6, 6.07) is 0. The van der Waals surface area contributed by atoms with Crippen molar-refractivity contribution in [1.29, 1.82) is 0 Å². The highest BCUT2D eigenvalue weighted by atomic mass is 15.4. The molecule has 0 atom stereocenters. The molecule has 0 spiro atoms. The second-order valence-electron chi connectivity index (χ2n) is 4.02. The fourth-order valence-electron chi connectivity index (χ4n) is 1.95. The van der Waals surface area contributed by atoms with E-state index >= 15 is 0 Å². The molecule has 70 valence electrons. The Bertz CT molecular complexity index is 157. The van der Waals surface area contributed by atoms with E-state index in [9.17, 15) is 0 Å². The van der Waals surface area contributed by atoms with Crippen LogP contribution in [0.15, 0.2) is 0 Å². The van der Waals surface area contributed by atoms with Crippen molar-refractivity contribution in [2.75, 3.05) is 32.7 Å². The fraction of sp³-hybridized carbons (Fsp3) is 1.00. The van der Waals surface area contributed by atoms with Gasteiger partial charge >= 0.3 is 0 Å². The van der Waals surface area contributed by atoms with Crippen molar-refractivity contribution < 1.29 is 0 Å². The summed E-state index contributed by atoms with van der Waals surface area (Å²) in [5, 5.41) is 0. The van der Waals surface area contributed by atoms with Crippen molar-refractivity contribution in [3.8, 4) is 0 Å². The first-order valence-corrected chi connectivity index (χ1v) is 5.01. The number of piperazine rings is 1. The van der Waals surface area contributed by atoms with Crippen LogP contribution in [0.4, 0.5) is 0 Å². The predicted octanol–water partition coefficient (Wildman–Crippen LogP) is 0.0727. The van der Waals surface area contributed by atoms with E-state index in [2.05, 4.69) is 16.7 Å². The SMILES string of the molecule is CCN1CCN(C2(N)CC2)CC1. The van der Waals surface area contributed by atoms with Gasteiger partial charge < -0.3 is 10.6 Å². The molecular formula is C9H19N3. The Kier molecular flexibility index (Phi) is 2.10. The van der Waals surface area contributed by atoms with Gasteiger partial charge in [-0.1, -0.05) is 6.92 Å². The molecule has 1 saturated heterocycles. The lowest BCUT2D eigenvalue weighted by atomic mass is 10.3. The summed E-state index contributed by atoms with van der Waals surface area (Å²) in [6.07, 6.45) is 2.41. The first-order chi connectivity index (χ1) is 5.74. The van der Waals surface area contributed by atoms with Gasteiger partial charge in [0, 0.05) is 26.2 Å². The van der Waals surface area contributed by atoms with Crippen molar-refractivity contribution in [3.63, 3.8) is 0 Å². The summed E-state index contributed by atoms with van der Waals surface area (Å²) in [4.78, 5) is 4.95. The molecule has 1 aliphatic carbocycles. The molecule has 1 heterocycles. The van der Waals surface area contributed by atoms with Crippen LogP contribution in [0.1, 0.15) is 19.8 Å². The second kappa shape index (κ2) is 2.98. The van der Waals surface area contributed by atoms with E-state index in [4.69, 9.17) is 5.73 Å². The molecule has 0 bridgehead atoms. The molecule has 2 rings (SSSR count). The normalized spacial score (nSPS) is 30.5. The molecule has 0 amide bonds. The van der Waals surface area contributed by atoms with Gasteiger partial charge in [0.15, 0.2) is 0 Å². The van der Waals surface area contributed by atoms with Crippen molar-refractivity contribution in [1.82, 2.24) is 9.80 Å². The lowest BCUT2D eigenvalue weighted by molar-refractivity contribution is 0.0903. The fourth-order valence-corrected chi connectivity index (χ4v) is 1.95. The van der Waals surface area contributed by atoms with Gasteiger partial charge in [-0.3, -0.25) is 4.90 Å². The summed E-state index contributed by atoms with van der Waals surface area (Å²) < 4.78 is 0. The average molecular weight is 169 g/mol. The van der Waals surface area contributed by atoms with E-state index in [1.54, 1.807) is 0 Å². The zero-order chi connectivity index (χ0) is 8.60. The largest absolute Gasteiger partial charge is 0.313 e. The number of hydrogen-bond acceptors (Lipinski definition) is 3. The summed E-state index contributed by atoms with van der Waals surface area (Å²) >= 11 is 0. The van der Waals surface area contributed by atoms with Gasteiger partial charge in [0.25, 0.3) is 0 Å². The third-order valence-corrected chi connectivity index (χ3v) is 3.21. The van der Waals surface area contributed by atoms with Crippen LogP contribution in [0.25, 0.3) is 0 Å². The van der Waals surface area contributed by atoms with Crippen LogP contribution in [-0.4, -0.2) is 48.2 Å². The summed E-state index contributed by atoms with van der Waals surface area (Å²) in [5.41, 5.74) is 6.23. The number of hydrogen-bond donors (Lipinski definition) is 1. The van der Waals surface area contributed by atoms with E-state index in [1.807, 2.05) is 0 Å². The molecule has 0 aromatic rings. The third-order valence-electron chi connectivity index (χ3n) is 3.21. The van der Waals surface area contributed by atoms with Crippen molar-refractivity contribution >= 4 is 0 Å². The van der Waals surface area contributed by atoms with Gasteiger partial charge in [-0.25, -0.2) is 0 Å². The standard InChI is InChI=1S/C9H19N3/c1-2-11-5-7-12(8-6-11)9(10)3-4-9/h2-8,10H2,1H3. The molecular weight excluding hydrogens is 150 g/mol. The number of nitrogens with zero attached hydrogens (tertiary/aromatic N) is 2. The van der Waals surface area contributed by atoms with E-state index in [-0.39, 0.29) is 5.66 Å². The number of rotatable bonds is 2. The first-order valence-electron chi connectivity index (χ1n) is 5.01. The van der Waals surface area contributed by atoms with Gasteiger partial charge in [-0.2, -0.15) is 0 Å². The Morgan fingerprint density at radius 3 is 2.17 bits per heavy atom. The molecule has 2 aliphatic rings. The zero-order valence-electron chi connectivity index (χ0n) is 7.92.